The third-order valence-electron chi connectivity index (χ3n) is 5.59. The molecule has 0 fully saturated rings. The molecule has 0 saturated heterocycles. The Balaban J connectivity index is 1.93. The number of hydrogen-bond donors (Lipinski definition) is 0. The minimum absolute atomic E-state index is 1.01. The quantitative estimate of drug-likeness (QED) is 0.321. The molecule has 0 aliphatic heterocycles. The van der Waals surface area contributed by atoms with Gasteiger partial charge in [0.1, 0.15) is 0 Å². The van der Waals surface area contributed by atoms with Crippen molar-refractivity contribution in [1.29, 1.82) is 0 Å². The van der Waals surface area contributed by atoms with Gasteiger partial charge in [-0.1, -0.05) is 103 Å². The largest absolute Gasteiger partial charge is 0.231 e. The van der Waals surface area contributed by atoms with Crippen LogP contribution in [0.2, 0.25) is 0 Å². The normalized spacial score (nSPS) is 11.4. The summed E-state index contributed by atoms with van der Waals surface area (Å²) in [5, 5.41) is 8.69. The average molecular weight is 370 g/mol. The molecule has 136 valence electrons. The number of pyridine rings is 1. The zero-order valence-corrected chi connectivity index (χ0v) is 15.8. The van der Waals surface area contributed by atoms with Crippen LogP contribution in [0.4, 0.5) is 0 Å². The summed E-state index contributed by atoms with van der Waals surface area (Å²) in [6.45, 7) is 0. The van der Waals surface area contributed by atoms with E-state index in [0.717, 1.165) is 22.3 Å². The maximum atomic E-state index is 5.04. The smallest absolute Gasteiger partial charge is 0.0934 e. The third-order valence-corrected chi connectivity index (χ3v) is 5.59. The molecular formula is C27H18N2. The zero-order chi connectivity index (χ0) is 19.2. The molecule has 0 radical (unpaired) electrons. The minimum Gasteiger partial charge on any atom is -0.231 e. The lowest BCUT2D eigenvalue weighted by Gasteiger charge is -2.17. The van der Waals surface area contributed by atoms with E-state index >= 15 is 0 Å². The van der Waals surface area contributed by atoms with Gasteiger partial charge >= 0.3 is 0 Å². The molecule has 0 saturated carbocycles. The van der Waals surface area contributed by atoms with E-state index in [2.05, 4.69) is 114 Å². The van der Waals surface area contributed by atoms with Crippen molar-refractivity contribution in [1.82, 2.24) is 9.61 Å². The first-order valence-electron chi connectivity index (χ1n) is 9.85. The monoisotopic (exact) mass is 370 g/mol. The van der Waals surface area contributed by atoms with Crippen LogP contribution >= 0.6 is 0 Å². The lowest BCUT2D eigenvalue weighted by atomic mass is 9.93. The molecule has 0 N–H and O–H groups in total. The average Bonchev–Trinajstić information content (AvgIpc) is 3.19. The highest BCUT2D eigenvalue weighted by atomic mass is 15.2. The Labute approximate surface area is 168 Å². The van der Waals surface area contributed by atoms with Gasteiger partial charge in [0.2, 0.25) is 0 Å². The number of nitrogens with zero attached hydrogens (tertiary/aromatic N) is 2. The number of hydrogen-bond acceptors (Lipinski definition) is 1. The van der Waals surface area contributed by atoms with Gasteiger partial charge in [-0.25, -0.2) is 4.52 Å². The van der Waals surface area contributed by atoms with Crippen molar-refractivity contribution >= 4 is 27.2 Å². The molecule has 2 heterocycles. The molecule has 0 spiro atoms. The van der Waals surface area contributed by atoms with Crippen LogP contribution in [0.5, 0.6) is 0 Å². The summed E-state index contributed by atoms with van der Waals surface area (Å²) in [6, 6.07) is 38.3. The highest BCUT2D eigenvalue weighted by Crippen LogP contribution is 2.41. The first kappa shape index (κ1) is 16.1. The highest BCUT2D eigenvalue weighted by Gasteiger charge is 2.20. The minimum atomic E-state index is 1.01. The topological polar surface area (TPSA) is 17.3 Å². The summed E-state index contributed by atoms with van der Waals surface area (Å²) in [4.78, 5) is 0. The van der Waals surface area contributed by atoms with Crippen LogP contribution < -0.4 is 0 Å². The summed E-state index contributed by atoms with van der Waals surface area (Å²) < 4.78 is 2.14. The molecule has 2 aromatic heterocycles. The lowest BCUT2D eigenvalue weighted by Crippen LogP contribution is -1.99. The molecule has 2 heteroatoms. The first-order chi connectivity index (χ1) is 14.4. The predicted octanol–water partition coefficient (Wildman–Crippen LogP) is 6.97. The summed E-state index contributed by atoms with van der Waals surface area (Å²) >= 11 is 0. The summed E-state index contributed by atoms with van der Waals surface area (Å²) in [7, 11) is 0. The Kier molecular flexibility index (Phi) is 3.50. The molecule has 29 heavy (non-hydrogen) atoms. The van der Waals surface area contributed by atoms with Gasteiger partial charge in [-0.05, 0) is 17.0 Å². The van der Waals surface area contributed by atoms with E-state index in [1.54, 1.807) is 0 Å². The molecule has 0 unspecified atom stereocenters. The molecule has 0 bridgehead atoms. The second-order valence-corrected chi connectivity index (χ2v) is 7.28. The van der Waals surface area contributed by atoms with E-state index < -0.39 is 0 Å². The number of benzene rings is 4. The lowest BCUT2D eigenvalue weighted by molar-refractivity contribution is 0.997. The second kappa shape index (κ2) is 6.32. The molecule has 0 aliphatic rings. The van der Waals surface area contributed by atoms with Crippen LogP contribution in [0, 0.1) is 0 Å². The van der Waals surface area contributed by atoms with Crippen LogP contribution in [-0.2, 0) is 0 Å². The van der Waals surface area contributed by atoms with Gasteiger partial charge in [-0.2, -0.15) is 5.10 Å². The van der Waals surface area contributed by atoms with E-state index in [4.69, 9.17) is 5.10 Å². The van der Waals surface area contributed by atoms with Crippen LogP contribution in [0.3, 0.4) is 0 Å². The van der Waals surface area contributed by atoms with Gasteiger partial charge in [0.05, 0.1) is 16.7 Å². The fraction of sp³-hybridized carbons (Fsp3) is 0. The van der Waals surface area contributed by atoms with Crippen molar-refractivity contribution in [3.8, 4) is 22.4 Å². The molecule has 4 aromatic carbocycles. The van der Waals surface area contributed by atoms with Gasteiger partial charge in [0.25, 0.3) is 0 Å². The predicted molar refractivity (Wildman–Crippen MR) is 121 cm³/mol. The van der Waals surface area contributed by atoms with Crippen molar-refractivity contribution < 1.29 is 0 Å². The molecule has 6 aromatic rings. The van der Waals surface area contributed by atoms with Crippen LogP contribution in [0.25, 0.3) is 49.6 Å². The standard InChI is InChI=1S/C27H18N2/c1-3-11-19(12-4-1)25-21-15-7-8-16-22(21)27-23-17-9-10-18-24(23)28-29(27)26(25)20-13-5-2-6-14-20/h1-18H. The van der Waals surface area contributed by atoms with Crippen molar-refractivity contribution in [2.24, 2.45) is 0 Å². The highest BCUT2D eigenvalue weighted by molar-refractivity contribution is 6.16. The summed E-state index contributed by atoms with van der Waals surface area (Å²) in [5.41, 5.74) is 6.88. The Morgan fingerprint density at radius 3 is 1.76 bits per heavy atom. The maximum absolute atomic E-state index is 5.04. The number of aromatic nitrogens is 2. The summed E-state index contributed by atoms with van der Waals surface area (Å²) in [6.07, 6.45) is 0. The SMILES string of the molecule is c1ccc(-c2c(-c3ccccc3)n3nc4ccccc4c3c3ccccc23)cc1. The van der Waals surface area contributed by atoms with Crippen molar-refractivity contribution in [2.75, 3.05) is 0 Å². The van der Waals surface area contributed by atoms with Crippen LogP contribution in [0.1, 0.15) is 0 Å². The molecule has 0 amide bonds. The third kappa shape index (κ3) is 2.39. The molecule has 6 rings (SSSR count). The Morgan fingerprint density at radius 1 is 0.483 bits per heavy atom. The Hall–Kier alpha value is -3.91. The zero-order valence-electron chi connectivity index (χ0n) is 15.8. The molecule has 2 nitrogen and oxygen atoms in total. The fourth-order valence-corrected chi connectivity index (χ4v) is 4.35. The second-order valence-electron chi connectivity index (χ2n) is 7.28. The molecule has 0 aliphatic carbocycles. The van der Waals surface area contributed by atoms with Gasteiger partial charge in [-0.3, -0.25) is 0 Å². The number of rotatable bonds is 2. The first-order valence-corrected chi connectivity index (χ1v) is 9.85. The van der Waals surface area contributed by atoms with Gasteiger partial charge in [-0.15, -0.1) is 0 Å². The molecular weight excluding hydrogens is 352 g/mol. The van der Waals surface area contributed by atoms with Crippen LogP contribution in [0.15, 0.2) is 109 Å². The van der Waals surface area contributed by atoms with Crippen molar-refractivity contribution in [3.05, 3.63) is 109 Å². The Morgan fingerprint density at radius 2 is 1.03 bits per heavy atom. The van der Waals surface area contributed by atoms with E-state index in [1.165, 1.54) is 27.3 Å². The summed E-state index contributed by atoms with van der Waals surface area (Å²) in [5.74, 6) is 0. The van der Waals surface area contributed by atoms with Crippen molar-refractivity contribution in [3.63, 3.8) is 0 Å². The van der Waals surface area contributed by atoms with E-state index in [0.29, 0.717) is 0 Å². The number of fused-ring (bicyclic) bond motifs is 5. The van der Waals surface area contributed by atoms with Gasteiger partial charge in [0.15, 0.2) is 0 Å². The van der Waals surface area contributed by atoms with E-state index in [-0.39, 0.29) is 0 Å². The van der Waals surface area contributed by atoms with Crippen LogP contribution in [-0.4, -0.2) is 9.61 Å². The maximum Gasteiger partial charge on any atom is 0.0934 e. The Bertz CT molecular complexity index is 1480. The fourth-order valence-electron chi connectivity index (χ4n) is 4.35. The molecule has 0 atom stereocenters. The van der Waals surface area contributed by atoms with E-state index in [1.807, 2.05) is 0 Å². The van der Waals surface area contributed by atoms with Gasteiger partial charge < -0.3 is 0 Å². The van der Waals surface area contributed by atoms with Crippen molar-refractivity contribution in [2.45, 2.75) is 0 Å². The van der Waals surface area contributed by atoms with E-state index in [9.17, 15) is 0 Å². The van der Waals surface area contributed by atoms with Gasteiger partial charge in [0, 0.05) is 21.9 Å².